The molecule has 104 valence electrons. The van der Waals surface area contributed by atoms with Gasteiger partial charge in [-0.1, -0.05) is 18.2 Å². The molecular weight excluding hydrogens is 267 g/mol. The van der Waals surface area contributed by atoms with Gasteiger partial charge in [-0.2, -0.15) is 0 Å². The molecule has 2 aromatic carbocycles. The smallest absolute Gasteiger partial charge is 0.258 e. The molecule has 21 heavy (non-hydrogen) atoms. The van der Waals surface area contributed by atoms with Crippen LogP contribution in [0.25, 0.3) is 10.8 Å². The number of rotatable bonds is 2. The SMILES string of the molecule is Cc1ccc(C(=O)Nc2cccc3cnccc23)c(F)c1. The van der Waals surface area contributed by atoms with Crippen LogP contribution in [-0.4, -0.2) is 10.9 Å². The molecule has 1 amide bonds. The van der Waals surface area contributed by atoms with E-state index < -0.39 is 11.7 Å². The summed E-state index contributed by atoms with van der Waals surface area (Å²) in [5, 5.41) is 4.54. The fourth-order valence-electron chi connectivity index (χ4n) is 2.23. The van der Waals surface area contributed by atoms with Gasteiger partial charge in [0.1, 0.15) is 5.82 Å². The number of amides is 1. The molecule has 0 unspecified atom stereocenters. The van der Waals surface area contributed by atoms with E-state index in [0.29, 0.717) is 5.69 Å². The van der Waals surface area contributed by atoms with E-state index in [1.807, 2.05) is 18.2 Å². The number of hydrogen-bond donors (Lipinski definition) is 1. The molecule has 1 heterocycles. The molecule has 0 spiro atoms. The second-order valence-corrected chi connectivity index (χ2v) is 4.84. The first-order valence-corrected chi connectivity index (χ1v) is 6.55. The standard InChI is InChI=1S/C17H13FN2O/c1-11-5-6-14(15(18)9-11)17(21)20-16-4-2-3-12-10-19-8-7-13(12)16/h2-10H,1H3,(H,20,21). The first kappa shape index (κ1) is 13.2. The summed E-state index contributed by atoms with van der Waals surface area (Å²) in [6.45, 7) is 1.78. The van der Waals surface area contributed by atoms with Gasteiger partial charge in [0.2, 0.25) is 0 Å². The van der Waals surface area contributed by atoms with E-state index in [2.05, 4.69) is 10.3 Å². The minimum Gasteiger partial charge on any atom is -0.321 e. The van der Waals surface area contributed by atoms with Crippen molar-refractivity contribution in [1.29, 1.82) is 0 Å². The average Bonchev–Trinajstić information content (AvgIpc) is 2.47. The lowest BCUT2D eigenvalue weighted by molar-refractivity contribution is 0.102. The Balaban J connectivity index is 1.97. The van der Waals surface area contributed by atoms with Crippen LogP contribution >= 0.6 is 0 Å². The predicted octanol–water partition coefficient (Wildman–Crippen LogP) is 3.93. The number of pyridine rings is 1. The van der Waals surface area contributed by atoms with E-state index in [1.54, 1.807) is 31.5 Å². The zero-order valence-electron chi connectivity index (χ0n) is 11.4. The van der Waals surface area contributed by atoms with Gasteiger partial charge in [0.05, 0.1) is 5.56 Å². The van der Waals surface area contributed by atoms with E-state index in [9.17, 15) is 9.18 Å². The summed E-state index contributed by atoms with van der Waals surface area (Å²) in [5.41, 5.74) is 1.45. The van der Waals surface area contributed by atoms with Gasteiger partial charge in [-0.25, -0.2) is 4.39 Å². The van der Waals surface area contributed by atoms with Gasteiger partial charge in [-0.05, 0) is 36.8 Å². The fraction of sp³-hybridized carbons (Fsp3) is 0.0588. The molecule has 0 aliphatic heterocycles. The molecule has 4 heteroatoms. The molecule has 3 nitrogen and oxygen atoms in total. The van der Waals surface area contributed by atoms with Crippen LogP contribution in [0.4, 0.5) is 10.1 Å². The highest BCUT2D eigenvalue weighted by molar-refractivity contribution is 6.09. The third-order valence-electron chi connectivity index (χ3n) is 3.30. The number of fused-ring (bicyclic) bond motifs is 1. The summed E-state index contributed by atoms with van der Waals surface area (Å²) < 4.78 is 13.8. The van der Waals surface area contributed by atoms with Gasteiger partial charge < -0.3 is 5.32 Å². The summed E-state index contributed by atoms with van der Waals surface area (Å²) in [7, 11) is 0. The predicted molar refractivity (Wildman–Crippen MR) is 80.8 cm³/mol. The number of halogens is 1. The average molecular weight is 280 g/mol. The molecule has 0 atom stereocenters. The maximum absolute atomic E-state index is 13.8. The molecule has 0 saturated heterocycles. The van der Waals surface area contributed by atoms with Crippen LogP contribution in [0.15, 0.2) is 54.9 Å². The van der Waals surface area contributed by atoms with Gasteiger partial charge in [0.15, 0.2) is 0 Å². The topological polar surface area (TPSA) is 42.0 Å². The fourth-order valence-corrected chi connectivity index (χ4v) is 2.23. The third-order valence-corrected chi connectivity index (χ3v) is 3.30. The molecule has 0 fully saturated rings. The van der Waals surface area contributed by atoms with E-state index >= 15 is 0 Å². The molecule has 1 aromatic heterocycles. The lowest BCUT2D eigenvalue weighted by atomic mass is 10.1. The van der Waals surface area contributed by atoms with Crippen molar-refractivity contribution in [1.82, 2.24) is 4.98 Å². The number of aromatic nitrogens is 1. The van der Waals surface area contributed by atoms with Crippen LogP contribution in [0.1, 0.15) is 15.9 Å². The Bertz CT molecular complexity index is 825. The molecule has 0 saturated carbocycles. The Morgan fingerprint density at radius 2 is 2.05 bits per heavy atom. The number of hydrogen-bond acceptors (Lipinski definition) is 2. The van der Waals surface area contributed by atoms with Gasteiger partial charge in [-0.15, -0.1) is 0 Å². The lowest BCUT2D eigenvalue weighted by Gasteiger charge is -2.09. The van der Waals surface area contributed by atoms with E-state index in [-0.39, 0.29) is 5.56 Å². The van der Waals surface area contributed by atoms with Crippen LogP contribution in [0, 0.1) is 12.7 Å². The Labute approximate surface area is 121 Å². The zero-order chi connectivity index (χ0) is 14.8. The molecule has 0 radical (unpaired) electrons. The third kappa shape index (κ3) is 2.60. The minimum atomic E-state index is -0.519. The largest absolute Gasteiger partial charge is 0.321 e. The van der Waals surface area contributed by atoms with E-state index in [1.165, 1.54) is 12.1 Å². The second kappa shape index (κ2) is 5.32. The van der Waals surface area contributed by atoms with Crippen molar-refractivity contribution in [3.05, 3.63) is 71.8 Å². The Kier molecular flexibility index (Phi) is 3.36. The summed E-state index contributed by atoms with van der Waals surface area (Å²) >= 11 is 0. The van der Waals surface area contributed by atoms with Crippen molar-refractivity contribution in [3.63, 3.8) is 0 Å². The quantitative estimate of drug-likeness (QED) is 0.772. The summed E-state index contributed by atoms with van der Waals surface area (Å²) in [6, 6.07) is 11.9. The van der Waals surface area contributed by atoms with E-state index in [4.69, 9.17) is 0 Å². The summed E-state index contributed by atoms with van der Waals surface area (Å²) in [5.74, 6) is -0.980. The van der Waals surface area contributed by atoms with Crippen LogP contribution in [0.2, 0.25) is 0 Å². The summed E-state index contributed by atoms with van der Waals surface area (Å²) in [6.07, 6.45) is 3.38. The number of benzene rings is 2. The highest BCUT2D eigenvalue weighted by Crippen LogP contribution is 2.23. The molecule has 0 bridgehead atoms. The molecule has 0 aliphatic carbocycles. The van der Waals surface area contributed by atoms with Crippen molar-refractivity contribution >= 4 is 22.4 Å². The molecule has 0 aliphatic rings. The molecule has 3 aromatic rings. The maximum atomic E-state index is 13.8. The van der Waals surface area contributed by atoms with Crippen LogP contribution in [0.3, 0.4) is 0 Å². The van der Waals surface area contributed by atoms with Crippen molar-refractivity contribution in [2.45, 2.75) is 6.92 Å². The maximum Gasteiger partial charge on any atom is 0.258 e. The van der Waals surface area contributed by atoms with Crippen molar-refractivity contribution in [3.8, 4) is 0 Å². The summed E-state index contributed by atoms with van der Waals surface area (Å²) in [4.78, 5) is 16.3. The van der Waals surface area contributed by atoms with Crippen molar-refractivity contribution in [2.75, 3.05) is 5.32 Å². The number of carbonyl (C=O) groups excluding carboxylic acids is 1. The molecule has 3 rings (SSSR count). The molecular formula is C17H13FN2O. The monoisotopic (exact) mass is 280 g/mol. The van der Waals surface area contributed by atoms with Gasteiger partial charge >= 0.3 is 0 Å². The van der Waals surface area contributed by atoms with Crippen molar-refractivity contribution in [2.24, 2.45) is 0 Å². The highest BCUT2D eigenvalue weighted by atomic mass is 19.1. The van der Waals surface area contributed by atoms with E-state index in [0.717, 1.165) is 16.3 Å². The molecule has 1 N–H and O–H groups in total. The minimum absolute atomic E-state index is 0.0339. The second-order valence-electron chi connectivity index (χ2n) is 4.84. The first-order valence-electron chi connectivity index (χ1n) is 6.55. The number of carbonyl (C=O) groups is 1. The Morgan fingerprint density at radius 3 is 2.86 bits per heavy atom. The van der Waals surface area contributed by atoms with Crippen molar-refractivity contribution < 1.29 is 9.18 Å². The highest BCUT2D eigenvalue weighted by Gasteiger charge is 2.13. The zero-order valence-corrected chi connectivity index (χ0v) is 11.4. The Hall–Kier alpha value is -2.75. The van der Waals surface area contributed by atoms with Gasteiger partial charge in [-0.3, -0.25) is 9.78 Å². The number of aryl methyl sites for hydroxylation is 1. The van der Waals surface area contributed by atoms with Crippen LogP contribution in [0.5, 0.6) is 0 Å². The number of nitrogens with one attached hydrogen (secondary N) is 1. The van der Waals surface area contributed by atoms with Crippen LogP contribution in [-0.2, 0) is 0 Å². The van der Waals surface area contributed by atoms with Gasteiger partial charge in [0.25, 0.3) is 5.91 Å². The normalized spacial score (nSPS) is 10.6. The number of nitrogens with zero attached hydrogens (tertiary/aromatic N) is 1. The van der Waals surface area contributed by atoms with Gasteiger partial charge in [0, 0.05) is 28.9 Å². The van der Waals surface area contributed by atoms with Crippen LogP contribution < -0.4 is 5.32 Å². The Morgan fingerprint density at radius 1 is 1.19 bits per heavy atom. The number of anilines is 1. The lowest BCUT2D eigenvalue weighted by Crippen LogP contribution is -2.14. The first-order chi connectivity index (χ1) is 10.1.